The molecule has 2 rings (SSSR count). The summed E-state index contributed by atoms with van der Waals surface area (Å²) in [5, 5.41) is 3.53. The second-order valence-electron chi connectivity index (χ2n) is 4.52. The molecule has 1 unspecified atom stereocenters. The normalized spacial score (nSPS) is 19.6. The fourth-order valence-corrected chi connectivity index (χ4v) is 3.12. The molecule has 4 N–H and O–H groups in total. The number of nitrogen functional groups attached to an aromatic ring is 1. The van der Waals surface area contributed by atoms with E-state index in [2.05, 4.69) is 20.7 Å². The quantitative estimate of drug-likeness (QED) is 0.572. The van der Waals surface area contributed by atoms with Crippen molar-refractivity contribution in [2.24, 2.45) is 5.84 Å². The predicted octanol–water partition coefficient (Wildman–Crippen LogP) is 1.94. The van der Waals surface area contributed by atoms with Crippen LogP contribution in [0.2, 0.25) is 0 Å². The van der Waals surface area contributed by atoms with Crippen LogP contribution >= 0.6 is 11.8 Å². The smallest absolute Gasteiger partial charge is 0.148 e. The van der Waals surface area contributed by atoms with Gasteiger partial charge in [-0.3, -0.25) is 0 Å². The summed E-state index contributed by atoms with van der Waals surface area (Å²) in [6, 6.07) is 0.507. The average Bonchev–Trinajstić information content (AvgIpc) is 2.42. The highest BCUT2D eigenvalue weighted by atomic mass is 32.2. The SMILES string of the molecule is CCc1nc(NN)c(C)c(NC2CCCSC2)n1. The Morgan fingerprint density at radius 2 is 2.17 bits per heavy atom. The summed E-state index contributed by atoms with van der Waals surface area (Å²) >= 11 is 2.00. The molecule has 0 saturated carbocycles. The van der Waals surface area contributed by atoms with Gasteiger partial charge in [-0.05, 0) is 25.5 Å². The van der Waals surface area contributed by atoms with Crippen molar-refractivity contribution in [1.29, 1.82) is 0 Å². The first-order valence-electron chi connectivity index (χ1n) is 6.43. The fourth-order valence-electron chi connectivity index (χ4n) is 2.05. The van der Waals surface area contributed by atoms with E-state index >= 15 is 0 Å². The van der Waals surface area contributed by atoms with Gasteiger partial charge in [-0.1, -0.05) is 6.92 Å². The second-order valence-corrected chi connectivity index (χ2v) is 5.67. The molecule has 0 aromatic carbocycles. The zero-order valence-corrected chi connectivity index (χ0v) is 11.8. The van der Waals surface area contributed by atoms with Crippen LogP contribution in [0.25, 0.3) is 0 Å². The monoisotopic (exact) mass is 267 g/mol. The van der Waals surface area contributed by atoms with E-state index in [4.69, 9.17) is 5.84 Å². The van der Waals surface area contributed by atoms with E-state index in [1.165, 1.54) is 18.6 Å². The molecule has 100 valence electrons. The Bertz CT molecular complexity index is 404. The number of aromatic nitrogens is 2. The first kappa shape index (κ1) is 13.4. The number of aryl methyl sites for hydroxylation is 1. The van der Waals surface area contributed by atoms with Crippen molar-refractivity contribution in [3.8, 4) is 0 Å². The van der Waals surface area contributed by atoms with Crippen molar-refractivity contribution >= 4 is 23.4 Å². The van der Waals surface area contributed by atoms with Gasteiger partial charge < -0.3 is 10.7 Å². The number of nitrogens with one attached hydrogen (secondary N) is 2. The molecule has 0 radical (unpaired) electrons. The molecule has 1 fully saturated rings. The van der Waals surface area contributed by atoms with E-state index in [1.807, 2.05) is 25.6 Å². The fraction of sp³-hybridized carbons (Fsp3) is 0.667. The minimum atomic E-state index is 0.507. The van der Waals surface area contributed by atoms with E-state index in [9.17, 15) is 0 Å². The summed E-state index contributed by atoms with van der Waals surface area (Å²) in [7, 11) is 0. The van der Waals surface area contributed by atoms with Crippen LogP contribution in [-0.4, -0.2) is 27.5 Å². The van der Waals surface area contributed by atoms with Crippen molar-refractivity contribution < 1.29 is 0 Å². The first-order chi connectivity index (χ1) is 8.74. The van der Waals surface area contributed by atoms with Crippen LogP contribution < -0.4 is 16.6 Å². The lowest BCUT2D eigenvalue weighted by molar-refractivity contribution is 0.680. The van der Waals surface area contributed by atoms with Gasteiger partial charge in [-0.15, -0.1) is 0 Å². The van der Waals surface area contributed by atoms with E-state index in [-0.39, 0.29) is 0 Å². The molecule has 1 aromatic rings. The third-order valence-corrected chi connectivity index (χ3v) is 4.36. The van der Waals surface area contributed by atoms with Crippen LogP contribution in [0.1, 0.15) is 31.2 Å². The maximum Gasteiger partial charge on any atom is 0.148 e. The number of thioether (sulfide) groups is 1. The van der Waals surface area contributed by atoms with Crippen LogP contribution in [0.15, 0.2) is 0 Å². The zero-order chi connectivity index (χ0) is 13.0. The summed E-state index contributed by atoms with van der Waals surface area (Å²) < 4.78 is 0. The van der Waals surface area contributed by atoms with Crippen LogP contribution in [-0.2, 0) is 6.42 Å². The van der Waals surface area contributed by atoms with E-state index in [0.717, 1.165) is 29.4 Å². The summed E-state index contributed by atoms with van der Waals surface area (Å²) in [5.41, 5.74) is 3.64. The third kappa shape index (κ3) is 3.05. The van der Waals surface area contributed by atoms with Gasteiger partial charge in [0.1, 0.15) is 17.5 Å². The van der Waals surface area contributed by atoms with Crippen LogP contribution in [0.3, 0.4) is 0 Å². The summed E-state index contributed by atoms with van der Waals surface area (Å²) in [5.74, 6) is 10.4. The second kappa shape index (κ2) is 6.24. The number of nitrogens with two attached hydrogens (primary N) is 1. The molecule has 1 aliphatic rings. The number of rotatable bonds is 4. The molecule has 6 heteroatoms. The van der Waals surface area contributed by atoms with Crippen LogP contribution in [0.5, 0.6) is 0 Å². The number of hydrogen-bond acceptors (Lipinski definition) is 6. The van der Waals surface area contributed by atoms with Crippen molar-refractivity contribution in [2.45, 2.75) is 39.2 Å². The van der Waals surface area contributed by atoms with E-state index in [1.54, 1.807) is 0 Å². The van der Waals surface area contributed by atoms with E-state index < -0.39 is 0 Å². The van der Waals surface area contributed by atoms with Gasteiger partial charge in [0, 0.05) is 23.8 Å². The standard InChI is InChI=1S/C12H21N5S/c1-3-10-15-11(8(2)12(16-10)17-13)14-9-5-4-6-18-7-9/h9H,3-7,13H2,1-2H3,(H2,14,15,16,17). The van der Waals surface area contributed by atoms with Gasteiger partial charge in [0.25, 0.3) is 0 Å². The summed E-state index contributed by atoms with van der Waals surface area (Å²) in [4.78, 5) is 8.94. The minimum absolute atomic E-state index is 0.507. The highest BCUT2D eigenvalue weighted by Gasteiger charge is 2.17. The van der Waals surface area contributed by atoms with Gasteiger partial charge in [0.05, 0.1) is 0 Å². The topological polar surface area (TPSA) is 75.9 Å². The molecule has 0 spiro atoms. The Kier molecular flexibility index (Phi) is 4.66. The Morgan fingerprint density at radius 3 is 2.78 bits per heavy atom. The van der Waals surface area contributed by atoms with E-state index in [0.29, 0.717) is 11.9 Å². The lowest BCUT2D eigenvalue weighted by atomic mass is 10.2. The molecule has 2 heterocycles. The third-order valence-electron chi connectivity index (χ3n) is 3.15. The van der Waals surface area contributed by atoms with Gasteiger partial charge in [0.15, 0.2) is 0 Å². The van der Waals surface area contributed by atoms with Crippen molar-refractivity contribution in [3.63, 3.8) is 0 Å². The molecule has 0 bridgehead atoms. The Balaban J connectivity index is 2.19. The number of anilines is 2. The van der Waals surface area contributed by atoms with Crippen molar-refractivity contribution in [1.82, 2.24) is 9.97 Å². The minimum Gasteiger partial charge on any atom is -0.366 e. The molecule has 18 heavy (non-hydrogen) atoms. The van der Waals surface area contributed by atoms with Gasteiger partial charge in [-0.2, -0.15) is 11.8 Å². The Labute approximate surface area is 112 Å². The van der Waals surface area contributed by atoms with Crippen LogP contribution in [0, 0.1) is 6.92 Å². The number of hydrazine groups is 1. The molecule has 0 amide bonds. The molecule has 1 aromatic heterocycles. The Hall–Kier alpha value is -1.01. The number of hydrogen-bond donors (Lipinski definition) is 3. The maximum atomic E-state index is 5.50. The summed E-state index contributed by atoms with van der Waals surface area (Å²) in [6.07, 6.45) is 3.29. The van der Waals surface area contributed by atoms with Crippen molar-refractivity contribution in [2.75, 3.05) is 22.2 Å². The van der Waals surface area contributed by atoms with Gasteiger partial charge in [-0.25, -0.2) is 15.8 Å². The predicted molar refractivity (Wildman–Crippen MR) is 77.9 cm³/mol. The first-order valence-corrected chi connectivity index (χ1v) is 7.58. The zero-order valence-electron chi connectivity index (χ0n) is 11.0. The molecule has 5 nitrogen and oxygen atoms in total. The molecular formula is C12H21N5S. The largest absolute Gasteiger partial charge is 0.366 e. The number of nitrogens with zero attached hydrogens (tertiary/aromatic N) is 2. The molecule has 1 aliphatic heterocycles. The highest BCUT2D eigenvalue weighted by Crippen LogP contribution is 2.24. The molecule has 1 saturated heterocycles. The lowest BCUT2D eigenvalue weighted by Gasteiger charge is -2.24. The maximum absolute atomic E-state index is 5.50. The van der Waals surface area contributed by atoms with Crippen LogP contribution in [0.4, 0.5) is 11.6 Å². The van der Waals surface area contributed by atoms with Gasteiger partial charge in [0.2, 0.25) is 0 Å². The average molecular weight is 267 g/mol. The molecule has 0 aliphatic carbocycles. The molecular weight excluding hydrogens is 246 g/mol. The van der Waals surface area contributed by atoms with Gasteiger partial charge >= 0.3 is 0 Å². The molecule has 1 atom stereocenters. The van der Waals surface area contributed by atoms with Crippen molar-refractivity contribution in [3.05, 3.63) is 11.4 Å². The lowest BCUT2D eigenvalue weighted by Crippen LogP contribution is -2.27. The highest BCUT2D eigenvalue weighted by molar-refractivity contribution is 7.99. The Morgan fingerprint density at radius 1 is 1.39 bits per heavy atom. The summed E-state index contributed by atoms with van der Waals surface area (Å²) in [6.45, 7) is 4.04.